The molecule has 0 bridgehead atoms. The van der Waals surface area contributed by atoms with E-state index in [1.807, 2.05) is 6.92 Å². The van der Waals surface area contributed by atoms with E-state index in [1.165, 1.54) is 17.1 Å². The third-order valence-electron chi connectivity index (χ3n) is 6.32. The maximum absolute atomic E-state index is 13.1. The average molecular weight is 393 g/mol. The minimum Gasteiger partial charge on any atom is -0.494 e. The number of hydrogen-bond donors (Lipinski definition) is 1. The van der Waals surface area contributed by atoms with Crippen LogP contribution in [0.2, 0.25) is 0 Å². The first kappa shape index (κ1) is 18.7. The number of carbonyl (C=O) groups excluding carboxylic acids is 1. The Labute approximate surface area is 161 Å². The molecule has 0 aromatic heterocycles. The number of ether oxygens (including phenoxy) is 1. The topological polar surface area (TPSA) is 75.7 Å². The van der Waals surface area contributed by atoms with Crippen LogP contribution in [0.15, 0.2) is 29.2 Å². The molecule has 2 saturated carbocycles. The van der Waals surface area contributed by atoms with Crippen molar-refractivity contribution in [3.8, 4) is 5.75 Å². The number of carbonyl (C=O) groups is 1. The van der Waals surface area contributed by atoms with Gasteiger partial charge in [-0.1, -0.05) is 6.42 Å². The Hall–Kier alpha value is -1.60. The number of sulfonamides is 1. The molecule has 1 saturated heterocycles. The van der Waals surface area contributed by atoms with E-state index >= 15 is 0 Å². The summed E-state index contributed by atoms with van der Waals surface area (Å²) in [4.78, 5) is 13.0. The maximum atomic E-state index is 13.1. The molecule has 4 rings (SSSR count). The second kappa shape index (κ2) is 7.09. The highest BCUT2D eigenvalue weighted by Crippen LogP contribution is 2.52. The quantitative estimate of drug-likeness (QED) is 0.773. The summed E-state index contributed by atoms with van der Waals surface area (Å²) in [5.41, 5.74) is -0.175. The molecule has 1 aromatic carbocycles. The summed E-state index contributed by atoms with van der Waals surface area (Å²) < 4.78 is 33.2. The number of nitrogens with zero attached hydrogens (tertiary/aromatic N) is 1. The van der Waals surface area contributed by atoms with Crippen LogP contribution in [0.25, 0.3) is 0 Å². The second-order valence-electron chi connectivity index (χ2n) is 8.16. The lowest BCUT2D eigenvalue weighted by Gasteiger charge is -2.42. The van der Waals surface area contributed by atoms with Crippen molar-refractivity contribution in [1.29, 1.82) is 0 Å². The zero-order valence-electron chi connectivity index (χ0n) is 15.8. The molecule has 2 aliphatic carbocycles. The summed E-state index contributed by atoms with van der Waals surface area (Å²) in [5.74, 6) is 1.08. The third-order valence-corrected chi connectivity index (χ3v) is 8.14. The smallest absolute Gasteiger partial charge is 0.243 e. The van der Waals surface area contributed by atoms with Crippen molar-refractivity contribution < 1.29 is 17.9 Å². The van der Waals surface area contributed by atoms with Crippen LogP contribution in [0.5, 0.6) is 5.75 Å². The summed E-state index contributed by atoms with van der Waals surface area (Å²) >= 11 is 0. The minimum absolute atomic E-state index is 0.0333. The molecule has 1 spiro atoms. The summed E-state index contributed by atoms with van der Waals surface area (Å²) in [5, 5.41) is 3.07. The molecule has 1 atom stereocenters. The lowest BCUT2D eigenvalue weighted by Crippen LogP contribution is -2.45. The van der Waals surface area contributed by atoms with E-state index in [0.29, 0.717) is 24.8 Å². The van der Waals surface area contributed by atoms with Crippen LogP contribution < -0.4 is 10.1 Å². The molecule has 1 amide bonds. The van der Waals surface area contributed by atoms with Gasteiger partial charge in [-0.2, -0.15) is 4.31 Å². The van der Waals surface area contributed by atoms with Gasteiger partial charge >= 0.3 is 0 Å². The van der Waals surface area contributed by atoms with Crippen LogP contribution in [0.4, 0.5) is 0 Å². The normalized spacial score (nSPS) is 24.6. The van der Waals surface area contributed by atoms with Gasteiger partial charge in [0.25, 0.3) is 0 Å². The van der Waals surface area contributed by atoms with Crippen molar-refractivity contribution in [2.75, 3.05) is 26.2 Å². The van der Waals surface area contributed by atoms with Gasteiger partial charge < -0.3 is 10.1 Å². The van der Waals surface area contributed by atoms with Crippen molar-refractivity contribution in [3.05, 3.63) is 24.3 Å². The molecule has 3 aliphatic rings. The van der Waals surface area contributed by atoms with Crippen molar-refractivity contribution in [2.45, 2.75) is 43.9 Å². The standard InChI is InChI=1S/C20H28N2O4S/c1-2-26-16-6-8-17(9-7-16)27(24,25)22-13-18(20(14-22)10-3-11-20)19(23)21-12-15-4-5-15/h6-9,15,18H,2-5,10-14H2,1H3,(H,21,23). The van der Waals surface area contributed by atoms with E-state index in [9.17, 15) is 13.2 Å². The maximum Gasteiger partial charge on any atom is 0.243 e. The molecule has 1 heterocycles. The van der Waals surface area contributed by atoms with Gasteiger partial charge in [0.05, 0.1) is 17.4 Å². The van der Waals surface area contributed by atoms with Crippen molar-refractivity contribution in [2.24, 2.45) is 17.3 Å². The average Bonchev–Trinajstić information content (AvgIpc) is 3.35. The van der Waals surface area contributed by atoms with E-state index in [-0.39, 0.29) is 28.7 Å². The van der Waals surface area contributed by atoms with Gasteiger partial charge in [0.15, 0.2) is 0 Å². The predicted octanol–water partition coefficient (Wildman–Crippen LogP) is 2.40. The highest BCUT2D eigenvalue weighted by atomic mass is 32.2. The van der Waals surface area contributed by atoms with Gasteiger partial charge in [-0.25, -0.2) is 8.42 Å². The molecular weight excluding hydrogens is 364 g/mol. The van der Waals surface area contributed by atoms with Crippen molar-refractivity contribution in [1.82, 2.24) is 9.62 Å². The van der Waals surface area contributed by atoms with Crippen LogP contribution in [-0.2, 0) is 14.8 Å². The number of rotatable bonds is 7. The first-order valence-corrected chi connectivity index (χ1v) is 11.4. The number of benzene rings is 1. The lowest BCUT2D eigenvalue weighted by atomic mass is 9.62. The Kier molecular flexibility index (Phi) is 4.93. The zero-order valence-corrected chi connectivity index (χ0v) is 16.6. The molecule has 27 heavy (non-hydrogen) atoms. The highest BCUT2D eigenvalue weighted by molar-refractivity contribution is 7.89. The first-order chi connectivity index (χ1) is 12.9. The molecule has 1 unspecified atom stereocenters. The Morgan fingerprint density at radius 3 is 2.52 bits per heavy atom. The Balaban J connectivity index is 1.50. The Morgan fingerprint density at radius 2 is 1.96 bits per heavy atom. The van der Waals surface area contributed by atoms with Crippen LogP contribution in [0, 0.1) is 17.3 Å². The molecule has 3 fully saturated rings. The molecule has 148 valence electrons. The fourth-order valence-corrected chi connectivity index (χ4v) is 5.87. The molecule has 1 aliphatic heterocycles. The van der Waals surface area contributed by atoms with E-state index < -0.39 is 10.0 Å². The van der Waals surface area contributed by atoms with Gasteiger partial charge in [-0.15, -0.1) is 0 Å². The fourth-order valence-electron chi connectivity index (χ4n) is 4.32. The van der Waals surface area contributed by atoms with Crippen molar-refractivity contribution >= 4 is 15.9 Å². The number of nitrogens with one attached hydrogen (secondary N) is 1. The largest absolute Gasteiger partial charge is 0.494 e. The number of amides is 1. The Morgan fingerprint density at radius 1 is 1.26 bits per heavy atom. The predicted molar refractivity (Wildman–Crippen MR) is 102 cm³/mol. The SMILES string of the molecule is CCOc1ccc(S(=O)(=O)N2CC(C(=O)NCC3CC3)C3(CCC3)C2)cc1. The highest BCUT2D eigenvalue weighted by Gasteiger charge is 2.55. The van der Waals surface area contributed by atoms with Crippen molar-refractivity contribution in [3.63, 3.8) is 0 Å². The molecule has 1 aromatic rings. The summed E-state index contributed by atoms with van der Waals surface area (Å²) in [6.07, 6.45) is 5.32. The Bertz CT molecular complexity index is 798. The van der Waals surface area contributed by atoms with Gasteiger partial charge in [0.1, 0.15) is 5.75 Å². The summed E-state index contributed by atoms with van der Waals surface area (Å²) in [6.45, 7) is 3.90. The molecular formula is C20H28N2O4S. The van der Waals surface area contributed by atoms with Crippen LogP contribution in [0.3, 0.4) is 0 Å². The molecule has 0 radical (unpaired) electrons. The summed E-state index contributed by atoms with van der Waals surface area (Å²) in [6, 6.07) is 6.55. The molecule has 7 heteroatoms. The van der Waals surface area contributed by atoms with Gasteiger partial charge in [0, 0.05) is 19.6 Å². The lowest BCUT2D eigenvalue weighted by molar-refractivity contribution is -0.129. The first-order valence-electron chi connectivity index (χ1n) is 9.95. The van der Waals surface area contributed by atoms with E-state index in [2.05, 4.69) is 5.32 Å². The minimum atomic E-state index is -3.61. The zero-order chi connectivity index (χ0) is 19.1. The monoisotopic (exact) mass is 392 g/mol. The number of hydrogen-bond acceptors (Lipinski definition) is 4. The van der Waals surface area contributed by atoms with Gasteiger partial charge in [0.2, 0.25) is 15.9 Å². The fraction of sp³-hybridized carbons (Fsp3) is 0.650. The second-order valence-corrected chi connectivity index (χ2v) is 10.1. The van der Waals surface area contributed by atoms with Crippen LogP contribution in [-0.4, -0.2) is 44.9 Å². The van der Waals surface area contributed by atoms with E-state index in [0.717, 1.165) is 25.8 Å². The van der Waals surface area contributed by atoms with E-state index in [1.54, 1.807) is 24.3 Å². The summed E-state index contributed by atoms with van der Waals surface area (Å²) in [7, 11) is -3.61. The van der Waals surface area contributed by atoms with Gasteiger partial charge in [-0.3, -0.25) is 4.79 Å². The van der Waals surface area contributed by atoms with E-state index in [4.69, 9.17) is 4.74 Å². The third kappa shape index (κ3) is 3.59. The molecule has 6 nitrogen and oxygen atoms in total. The van der Waals surface area contributed by atoms with Gasteiger partial charge in [-0.05, 0) is 68.2 Å². The molecule has 1 N–H and O–H groups in total. The van der Waals surface area contributed by atoms with Crippen LogP contribution >= 0.6 is 0 Å². The van der Waals surface area contributed by atoms with Crippen LogP contribution in [0.1, 0.15) is 39.0 Å².